The number of hydrogen-bond donors (Lipinski definition) is 0. The van der Waals surface area contributed by atoms with Crippen molar-refractivity contribution in [2.75, 3.05) is 31.9 Å². The fraction of sp³-hybridized carbons (Fsp3) is 0.917. The summed E-state index contributed by atoms with van der Waals surface area (Å²) in [5, 5.41) is 0. The molecule has 0 atom stereocenters. The van der Waals surface area contributed by atoms with Crippen molar-refractivity contribution in [2.24, 2.45) is 5.92 Å². The summed E-state index contributed by atoms with van der Waals surface area (Å²) in [5.74, 6) is 0.664. The molecule has 1 saturated carbocycles. The van der Waals surface area contributed by atoms with Crippen LogP contribution in [0.5, 0.6) is 0 Å². The molecule has 0 aromatic carbocycles. The van der Waals surface area contributed by atoms with Crippen molar-refractivity contribution in [3.05, 3.63) is 0 Å². The highest BCUT2D eigenvalue weighted by Crippen LogP contribution is 2.31. The van der Waals surface area contributed by atoms with Crippen LogP contribution in [0.25, 0.3) is 0 Å². The number of nitrogens with zero attached hydrogens (tertiary/aromatic N) is 2. The molecular weight excluding hydrogens is 252 g/mol. The zero-order valence-corrected chi connectivity index (χ0v) is 11.8. The van der Waals surface area contributed by atoms with Crippen LogP contribution in [0.3, 0.4) is 0 Å². The van der Waals surface area contributed by atoms with E-state index in [1.165, 1.54) is 0 Å². The quantitative estimate of drug-likeness (QED) is 0.757. The van der Waals surface area contributed by atoms with Crippen LogP contribution in [0, 0.1) is 5.92 Å². The first kappa shape index (κ1) is 13.8. The molecule has 2 rings (SSSR count). The molecule has 104 valence electrons. The van der Waals surface area contributed by atoms with Gasteiger partial charge in [-0.3, -0.25) is 4.79 Å². The zero-order chi connectivity index (χ0) is 13.2. The van der Waals surface area contributed by atoms with E-state index in [0.29, 0.717) is 32.6 Å². The molecule has 0 radical (unpaired) electrons. The normalized spacial score (nSPS) is 22.8. The summed E-state index contributed by atoms with van der Waals surface area (Å²) in [6.45, 7) is 4.14. The van der Waals surface area contributed by atoms with Gasteiger partial charge < -0.3 is 4.90 Å². The van der Waals surface area contributed by atoms with Gasteiger partial charge in [-0.1, -0.05) is 6.92 Å². The van der Waals surface area contributed by atoms with Gasteiger partial charge in [-0.25, -0.2) is 12.7 Å². The van der Waals surface area contributed by atoms with Gasteiger partial charge in [0.05, 0.1) is 5.75 Å². The second-order valence-electron chi connectivity index (χ2n) is 5.17. The van der Waals surface area contributed by atoms with E-state index < -0.39 is 10.0 Å². The predicted octanol–water partition coefficient (Wildman–Crippen LogP) is 0.671. The summed E-state index contributed by atoms with van der Waals surface area (Å²) in [5.41, 5.74) is 0. The number of amides is 1. The van der Waals surface area contributed by atoms with Crippen LogP contribution >= 0.6 is 0 Å². The number of carbonyl (C=O) groups excluding carboxylic acids is 1. The van der Waals surface area contributed by atoms with Crippen molar-refractivity contribution >= 4 is 15.9 Å². The molecule has 2 fully saturated rings. The molecule has 18 heavy (non-hydrogen) atoms. The maximum atomic E-state index is 12.0. The third kappa shape index (κ3) is 3.23. The molecule has 2 aliphatic rings. The van der Waals surface area contributed by atoms with Gasteiger partial charge in [0.1, 0.15) is 0 Å². The lowest BCUT2D eigenvalue weighted by Crippen LogP contribution is -2.38. The van der Waals surface area contributed by atoms with Crippen LogP contribution < -0.4 is 0 Å². The van der Waals surface area contributed by atoms with Crippen molar-refractivity contribution in [1.29, 1.82) is 0 Å². The van der Waals surface area contributed by atoms with Gasteiger partial charge in [0.25, 0.3) is 0 Å². The van der Waals surface area contributed by atoms with Crippen LogP contribution in [0.15, 0.2) is 0 Å². The first-order valence-corrected chi connectivity index (χ1v) is 8.42. The Morgan fingerprint density at radius 2 is 1.89 bits per heavy atom. The Balaban J connectivity index is 1.93. The Hall–Kier alpha value is -0.620. The van der Waals surface area contributed by atoms with E-state index in [4.69, 9.17) is 0 Å². The summed E-state index contributed by atoms with van der Waals surface area (Å²) in [6.07, 6.45) is 3.41. The van der Waals surface area contributed by atoms with E-state index in [-0.39, 0.29) is 17.6 Å². The molecule has 0 unspecified atom stereocenters. The maximum absolute atomic E-state index is 12.0. The van der Waals surface area contributed by atoms with Gasteiger partial charge in [0.2, 0.25) is 15.9 Å². The highest BCUT2D eigenvalue weighted by atomic mass is 32.2. The van der Waals surface area contributed by atoms with Crippen molar-refractivity contribution in [2.45, 2.75) is 32.6 Å². The number of hydrogen-bond acceptors (Lipinski definition) is 3. The van der Waals surface area contributed by atoms with Crippen LogP contribution in [0.4, 0.5) is 0 Å². The van der Waals surface area contributed by atoms with Crippen LogP contribution in [0.1, 0.15) is 32.6 Å². The molecule has 0 spiro atoms. The van der Waals surface area contributed by atoms with Crippen molar-refractivity contribution in [3.8, 4) is 0 Å². The van der Waals surface area contributed by atoms with E-state index in [1.807, 2.05) is 11.8 Å². The van der Waals surface area contributed by atoms with Gasteiger partial charge in [0.15, 0.2) is 0 Å². The van der Waals surface area contributed by atoms with Gasteiger partial charge in [-0.15, -0.1) is 0 Å². The van der Waals surface area contributed by atoms with Crippen LogP contribution in [-0.4, -0.2) is 55.5 Å². The molecule has 1 heterocycles. The molecular formula is C12H22N2O3S. The highest BCUT2D eigenvalue weighted by Gasteiger charge is 2.34. The lowest BCUT2D eigenvalue weighted by atomic mass is 10.3. The second kappa shape index (κ2) is 5.57. The van der Waals surface area contributed by atoms with Crippen LogP contribution in [-0.2, 0) is 14.8 Å². The Labute approximate surface area is 109 Å². The molecule has 0 aromatic rings. The molecule has 0 aromatic heterocycles. The fourth-order valence-electron chi connectivity index (χ4n) is 2.37. The zero-order valence-electron chi connectivity index (χ0n) is 11.0. The third-order valence-corrected chi connectivity index (χ3v) is 5.62. The number of carbonyl (C=O) groups is 1. The molecule has 0 N–H and O–H groups in total. The van der Waals surface area contributed by atoms with E-state index in [1.54, 1.807) is 4.31 Å². The fourth-order valence-corrected chi connectivity index (χ4v) is 3.91. The van der Waals surface area contributed by atoms with Gasteiger partial charge >= 0.3 is 0 Å². The Kier molecular flexibility index (Phi) is 4.27. The lowest BCUT2D eigenvalue weighted by Gasteiger charge is -2.21. The summed E-state index contributed by atoms with van der Waals surface area (Å²) >= 11 is 0. The first-order valence-electron chi connectivity index (χ1n) is 6.81. The average molecular weight is 274 g/mol. The molecule has 1 amide bonds. The standard InChI is InChI=1S/C12H22N2O3S/c1-2-10-18(16,17)14-7-3-6-13(8-9-14)12(15)11-4-5-11/h11H,2-10H2,1H3. The highest BCUT2D eigenvalue weighted by molar-refractivity contribution is 7.89. The summed E-state index contributed by atoms with van der Waals surface area (Å²) < 4.78 is 25.5. The summed E-state index contributed by atoms with van der Waals surface area (Å²) in [7, 11) is -3.12. The Bertz CT molecular complexity index is 404. The molecule has 1 aliphatic carbocycles. The van der Waals surface area contributed by atoms with E-state index >= 15 is 0 Å². The third-order valence-electron chi connectivity index (χ3n) is 3.55. The van der Waals surface area contributed by atoms with Crippen molar-refractivity contribution in [1.82, 2.24) is 9.21 Å². The van der Waals surface area contributed by atoms with Gasteiger partial charge in [-0.2, -0.15) is 0 Å². The van der Waals surface area contributed by atoms with E-state index in [2.05, 4.69) is 0 Å². The van der Waals surface area contributed by atoms with Crippen molar-refractivity contribution in [3.63, 3.8) is 0 Å². The predicted molar refractivity (Wildman–Crippen MR) is 69.6 cm³/mol. The molecule has 5 nitrogen and oxygen atoms in total. The smallest absolute Gasteiger partial charge is 0.225 e. The largest absolute Gasteiger partial charge is 0.341 e. The van der Waals surface area contributed by atoms with Crippen molar-refractivity contribution < 1.29 is 13.2 Å². The number of sulfonamides is 1. The summed E-state index contributed by atoms with van der Waals surface area (Å²) in [4.78, 5) is 13.8. The Morgan fingerprint density at radius 3 is 2.50 bits per heavy atom. The summed E-state index contributed by atoms with van der Waals surface area (Å²) in [6, 6.07) is 0. The molecule has 1 saturated heterocycles. The average Bonchev–Trinajstić information content (AvgIpc) is 3.15. The van der Waals surface area contributed by atoms with E-state index in [9.17, 15) is 13.2 Å². The molecule has 1 aliphatic heterocycles. The first-order chi connectivity index (χ1) is 8.54. The molecule has 0 bridgehead atoms. The monoisotopic (exact) mass is 274 g/mol. The molecule has 6 heteroatoms. The SMILES string of the molecule is CCCS(=O)(=O)N1CCCN(C(=O)C2CC2)CC1. The van der Waals surface area contributed by atoms with Crippen LogP contribution in [0.2, 0.25) is 0 Å². The minimum atomic E-state index is -3.12. The second-order valence-corrected chi connectivity index (χ2v) is 7.26. The van der Waals surface area contributed by atoms with Gasteiger partial charge in [0, 0.05) is 32.1 Å². The van der Waals surface area contributed by atoms with E-state index in [0.717, 1.165) is 19.3 Å². The minimum absolute atomic E-state index is 0.212. The lowest BCUT2D eigenvalue weighted by molar-refractivity contribution is -0.132. The topological polar surface area (TPSA) is 57.7 Å². The van der Waals surface area contributed by atoms with Gasteiger partial charge in [-0.05, 0) is 25.7 Å². The number of rotatable bonds is 4. The maximum Gasteiger partial charge on any atom is 0.225 e. The minimum Gasteiger partial charge on any atom is -0.341 e. The Morgan fingerprint density at radius 1 is 1.17 bits per heavy atom.